The molecule has 0 saturated heterocycles. The van der Waals surface area contributed by atoms with Crippen molar-refractivity contribution < 1.29 is 9.13 Å². The number of hydrogen-bond donors (Lipinski definition) is 0. The Balaban J connectivity index is 2.42. The number of nitrogens with zero attached hydrogens (tertiary/aromatic N) is 2. The Morgan fingerprint density at radius 2 is 2.19 bits per heavy atom. The van der Waals surface area contributed by atoms with Gasteiger partial charge in [0.05, 0.1) is 12.3 Å². The lowest BCUT2D eigenvalue weighted by atomic mass is 10.3. The molecule has 4 heteroatoms. The second-order valence-corrected chi connectivity index (χ2v) is 3.43. The van der Waals surface area contributed by atoms with Gasteiger partial charge in [-0.2, -0.15) is 5.10 Å². The first-order valence-corrected chi connectivity index (χ1v) is 4.86. The van der Waals surface area contributed by atoms with E-state index in [2.05, 4.69) is 12.0 Å². The lowest BCUT2D eigenvalue weighted by Crippen LogP contribution is -1.99. The molecule has 0 aliphatic heterocycles. The van der Waals surface area contributed by atoms with Crippen LogP contribution in [-0.4, -0.2) is 16.9 Å². The van der Waals surface area contributed by atoms with Gasteiger partial charge >= 0.3 is 0 Å². The van der Waals surface area contributed by atoms with Gasteiger partial charge in [0.15, 0.2) is 0 Å². The van der Waals surface area contributed by atoms with E-state index >= 15 is 0 Å². The minimum atomic E-state index is -0.311. The second-order valence-electron chi connectivity index (χ2n) is 3.43. The number of hydrogen-bond acceptors (Lipinski definition) is 2. The molecule has 1 aromatic carbocycles. The minimum Gasteiger partial charge on any atom is -0.378 e. The standard InChI is InChI=1S/C12H12FN2O/c1-9-7-15(14-11(9)8-16-2)12-6-4-3-5-10(12)13/h3-7H,1,8H2,2H3. The fourth-order valence-corrected chi connectivity index (χ4v) is 1.46. The highest BCUT2D eigenvalue weighted by Gasteiger charge is 2.08. The van der Waals surface area contributed by atoms with Crippen LogP contribution >= 0.6 is 0 Å². The molecule has 1 radical (unpaired) electrons. The monoisotopic (exact) mass is 219 g/mol. The van der Waals surface area contributed by atoms with Crippen molar-refractivity contribution in [2.45, 2.75) is 6.61 Å². The zero-order chi connectivity index (χ0) is 11.5. The van der Waals surface area contributed by atoms with Crippen LogP contribution in [0.25, 0.3) is 5.69 Å². The van der Waals surface area contributed by atoms with Gasteiger partial charge in [-0.25, -0.2) is 9.07 Å². The van der Waals surface area contributed by atoms with Gasteiger partial charge in [-0.1, -0.05) is 12.1 Å². The van der Waals surface area contributed by atoms with Crippen molar-refractivity contribution in [1.29, 1.82) is 0 Å². The van der Waals surface area contributed by atoms with E-state index in [1.165, 1.54) is 10.7 Å². The number of halogens is 1. The van der Waals surface area contributed by atoms with Gasteiger partial charge in [0.1, 0.15) is 11.5 Å². The molecule has 1 aromatic heterocycles. The Morgan fingerprint density at radius 3 is 2.88 bits per heavy atom. The summed E-state index contributed by atoms with van der Waals surface area (Å²) in [4.78, 5) is 0. The summed E-state index contributed by atoms with van der Waals surface area (Å²) in [7, 11) is 1.58. The maximum atomic E-state index is 13.5. The SMILES string of the molecule is [CH2]c1cn(-c2ccccc2F)nc1COC. The second kappa shape index (κ2) is 4.45. The Bertz CT molecular complexity index is 494. The van der Waals surface area contributed by atoms with Crippen molar-refractivity contribution in [3.8, 4) is 5.69 Å². The van der Waals surface area contributed by atoms with Gasteiger partial charge in [-0.05, 0) is 24.6 Å². The largest absolute Gasteiger partial charge is 0.378 e. The quantitative estimate of drug-likeness (QED) is 0.792. The van der Waals surface area contributed by atoms with Crippen molar-refractivity contribution in [2.75, 3.05) is 7.11 Å². The maximum absolute atomic E-state index is 13.5. The molecule has 2 rings (SSSR count). The van der Waals surface area contributed by atoms with E-state index in [-0.39, 0.29) is 5.82 Å². The first-order chi connectivity index (χ1) is 7.72. The summed E-state index contributed by atoms with van der Waals surface area (Å²) < 4.78 is 19.9. The molecule has 0 bridgehead atoms. The molecule has 83 valence electrons. The van der Waals surface area contributed by atoms with Crippen molar-refractivity contribution in [1.82, 2.24) is 9.78 Å². The highest BCUT2D eigenvalue weighted by molar-refractivity contribution is 5.34. The molecule has 0 amide bonds. The molecule has 0 spiro atoms. The molecule has 0 aliphatic rings. The van der Waals surface area contributed by atoms with E-state index in [4.69, 9.17) is 4.74 Å². The molecule has 0 fully saturated rings. The number of ether oxygens (including phenoxy) is 1. The summed E-state index contributed by atoms with van der Waals surface area (Å²) in [5.41, 5.74) is 1.87. The fraction of sp³-hybridized carbons (Fsp3) is 0.167. The van der Waals surface area contributed by atoms with Gasteiger partial charge in [-0.3, -0.25) is 0 Å². The lowest BCUT2D eigenvalue weighted by molar-refractivity contribution is 0.181. The zero-order valence-corrected chi connectivity index (χ0v) is 8.98. The smallest absolute Gasteiger partial charge is 0.148 e. The molecule has 0 unspecified atom stereocenters. The molecule has 0 saturated carbocycles. The Morgan fingerprint density at radius 1 is 1.44 bits per heavy atom. The number of benzene rings is 1. The van der Waals surface area contributed by atoms with Crippen molar-refractivity contribution in [2.24, 2.45) is 0 Å². The van der Waals surface area contributed by atoms with Gasteiger partial charge < -0.3 is 4.74 Å². The average Bonchev–Trinajstić information content (AvgIpc) is 2.61. The predicted octanol–water partition coefficient (Wildman–Crippen LogP) is 2.34. The van der Waals surface area contributed by atoms with Crippen LogP contribution in [0.15, 0.2) is 30.5 Å². The summed E-state index contributed by atoms with van der Waals surface area (Å²) in [5, 5.41) is 4.22. The molecule has 3 nitrogen and oxygen atoms in total. The normalized spacial score (nSPS) is 10.7. The number of aromatic nitrogens is 2. The molecule has 0 aliphatic carbocycles. The average molecular weight is 219 g/mol. The van der Waals surface area contributed by atoms with Gasteiger partial charge in [0.25, 0.3) is 0 Å². The van der Waals surface area contributed by atoms with Crippen molar-refractivity contribution >= 4 is 0 Å². The number of rotatable bonds is 3. The van der Waals surface area contributed by atoms with Crippen LogP contribution in [0.3, 0.4) is 0 Å². The summed E-state index contributed by atoms with van der Waals surface area (Å²) in [5.74, 6) is -0.311. The van der Waals surface area contributed by atoms with E-state index in [1.807, 2.05) is 0 Å². The summed E-state index contributed by atoms with van der Waals surface area (Å²) >= 11 is 0. The Hall–Kier alpha value is -1.68. The third-order valence-electron chi connectivity index (χ3n) is 2.26. The van der Waals surface area contributed by atoms with E-state index < -0.39 is 0 Å². The summed E-state index contributed by atoms with van der Waals surface area (Å²) in [6.07, 6.45) is 1.69. The molecule has 0 N–H and O–H groups in total. The first kappa shape index (κ1) is 10.8. The minimum absolute atomic E-state index is 0.311. The zero-order valence-electron chi connectivity index (χ0n) is 8.98. The van der Waals surface area contributed by atoms with E-state index in [9.17, 15) is 4.39 Å². The molecule has 0 atom stereocenters. The molecule has 16 heavy (non-hydrogen) atoms. The highest BCUT2D eigenvalue weighted by Crippen LogP contribution is 2.15. The summed E-state index contributed by atoms with van der Waals surface area (Å²) in [6.45, 7) is 4.20. The van der Waals surface area contributed by atoms with Crippen molar-refractivity contribution in [3.63, 3.8) is 0 Å². The third-order valence-corrected chi connectivity index (χ3v) is 2.26. The fourth-order valence-electron chi connectivity index (χ4n) is 1.46. The highest BCUT2D eigenvalue weighted by atomic mass is 19.1. The van der Waals surface area contributed by atoms with E-state index in [1.54, 1.807) is 31.5 Å². The molecular weight excluding hydrogens is 207 g/mol. The molecule has 1 heterocycles. The van der Waals surface area contributed by atoms with Crippen LogP contribution in [0.4, 0.5) is 4.39 Å². The van der Waals surface area contributed by atoms with Crippen LogP contribution in [0.2, 0.25) is 0 Å². The molecular formula is C12H12FN2O. The van der Waals surface area contributed by atoms with Crippen LogP contribution < -0.4 is 0 Å². The van der Waals surface area contributed by atoms with Gasteiger partial charge in [0, 0.05) is 13.3 Å². The maximum Gasteiger partial charge on any atom is 0.148 e. The Labute approximate surface area is 93.5 Å². The summed E-state index contributed by atoms with van der Waals surface area (Å²) in [6, 6.07) is 6.47. The lowest BCUT2D eigenvalue weighted by Gasteiger charge is -2.01. The topological polar surface area (TPSA) is 27.1 Å². The van der Waals surface area contributed by atoms with E-state index in [0.29, 0.717) is 18.0 Å². The molecule has 2 aromatic rings. The Kier molecular flexibility index (Phi) is 3.01. The van der Waals surface area contributed by atoms with E-state index in [0.717, 1.165) is 5.56 Å². The van der Waals surface area contributed by atoms with Gasteiger partial charge in [0.2, 0.25) is 0 Å². The predicted molar refractivity (Wildman–Crippen MR) is 58.7 cm³/mol. The number of para-hydroxylation sites is 1. The van der Waals surface area contributed by atoms with Gasteiger partial charge in [-0.15, -0.1) is 0 Å². The van der Waals surface area contributed by atoms with Crippen molar-refractivity contribution in [3.05, 3.63) is 54.5 Å². The van der Waals surface area contributed by atoms with Crippen LogP contribution in [0, 0.1) is 12.7 Å². The van der Waals surface area contributed by atoms with Crippen LogP contribution in [0.1, 0.15) is 11.3 Å². The van der Waals surface area contributed by atoms with Crippen LogP contribution in [-0.2, 0) is 11.3 Å². The third kappa shape index (κ3) is 1.97. The van der Waals surface area contributed by atoms with Crippen LogP contribution in [0.5, 0.6) is 0 Å². The number of methoxy groups -OCH3 is 1. The first-order valence-electron chi connectivity index (χ1n) is 4.86.